The van der Waals surface area contributed by atoms with Gasteiger partial charge < -0.3 is 53.3 Å². The van der Waals surface area contributed by atoms with Gasteiger partial charge in [0.2, 0.25) is 17.7 Å². The highest BCUT2D eigenvalue weighted by Gasteiger charge is 2.30. The number of fused-ring (bicyclic) bond motifs is 2. The van der Waals surface area contributed by atoms with Gasteiger partial charge in [0.15, 0.2) is 5.96 Å². The predicted octanol–water partition coefficient (Wildman–Crippen LogP) is -0.653. The largest absolute Gasteiger partial charge is 0.480 e. The van der Waals surface area contributed by atoms with E-state index in [0.29, 0.717) is 5.56 Å². The van der Waals surface area contributed by atoms with E-state index in [1.807, 2.05) is 48.5 Å². The van der Waals surface area contributed by atoms with Gasteiger partial charge in [-0.1, -0.05) is 36.4 Å². The fraction of sp³-hybridized carbons (Fsp3) is 0.323. The van der Waals surface area contributed by atoms with Crippen molar-refractivity contribution in [1.82, 2.24) is 25.9 Å². The number of para-hydroxylation sites is 2. The number of aliphatic hydroxyl groups is 1. The molecule has 0 radical (unpaired) electrons. The molecule has 4 atom stereocenters. The molecule has 0 spiro atoms. The zero-order valence-corrected chi connectivity index (χ0v) is 25.0. The predicted molar refractivity (Wildman–Crippen MR) is 172 cm³/mol. The highest BCUT2D eigenvalue weighted by molar-refractivity contribution is 5.95. The molecule has 15 heteroatoms. The SMILES string of the molecule is NC(N)=NCCCC(NC(=O)C(CO)NC(=O)C(N)Cc1c[nH]c2ccccc12)C(=O)NC(Cc1c[nH]c2ccccc12)C(=O)O. The number of carbonyl (C=O) groups excluding carboxylic acids is 3. The van der Waals surface area contributed by atoms with Crippen LogP contribution in [0.4, 0.5) is 0 Å². The van der Waals surface area contributed by atoms with Gasteiger partial charge in [0.05, 0.1) is 12.6 Å². The van der Waals surface area contributed by atoms with Crippen molar-refractivity contribution in [3.8, 4) is 0 Å². The van der Waals surface area contributed by atoms with Gasteiger partial charge in [-0.2, -0.15) is 0 Å². The second-order valence-electron chi connectivity index (χ2n) is 10.9. The van der Waals surface area contributed by atoms with Crippen LogP contribution in [0.1, 0.15) is 24.0 Å². The first-order valence-corrected chi connectivity index (χ1v) is 14.7. The van der Waals surface area contributed by atoms with Crippen LogP contribution in [-0.2, 0) is 32.0 Å². The van der Waals surface area contributed by atoms with Crippen LogP contribution < -0.4 is 33.2 Å². The van der Waals surface area contributed by atoms with Crippen molar-refractivity contribution < 1.29 is 29.4 Å². The maximum atomic E-state index is 13.4. The molecule has 4 rings (SSSR count). The Morgan fingerprint density at radius 2 is 1.28 bits per heavy atom. The van der Waals surface area contributed by atoms with Gasteiger partial charge in [-0.05, 0) is 42.5 Å². The Morgan fingerprint density at radius 1 is 0.761 bits per heavy atom. The summed E-state index contributed by atoms with van der Waals surface area (Å²) in [5.41, 5.74) is 20.1. The van der Waals surface area contributed by atoms with Gasteiger partial charge in [-0.15, -0.1) is 0 Å². The number of H-pyrrole nitrogens is 2. The van der Waals surface area contributed by atoms with Gasteiger partial charge in [0, 0.05) is 47.2 Å². The fourth-order valence-corrected chi connectivity index (χ4v) is 5.14. The summed E-state index contributed by atoms with van der Waals surface area (Å²) in [6.45, 7) is -0.638. The summed E-state index contributed by atoms with van der Waals surface area (Å²) >= 11 is 0. The Morgan fingerprint density at radius 3 is 1.85 bits per heavy atom. The molecule has 2 aromatic carbocycles. The molecule has 2 aromatic heterocycles. The number of carboxylic acids is 1. The number of benzene rings is 2. The molecule has 3 amide bonds. The molecule has 0 aliphatic heterocycles. The zero-order chi connectivity index (χ0) is 33.2. The minimum absolute atomic E-state index is 0.0244. The number of rotatable bonds is 16. The van der Waals surface area contributed by atoms with Crippen LogP contribution >= 0.6 is 0 Å². The van der Waals surface area contributed by atoms with E-state index in [1.165, 1.54) is 0 Å². The molecule has 0 saturated carbocycles. The quantitative estimate of drug-likeness (QED) is 0.0426. The van der Waals surface area contributed by atoms with Crippen LogP contribution in [0.3, 0.4) is 0 Å². The molecule has 13 N–H and O–H groups in total. The van der Waals surface area contributed by atoms with Crippen molar-refractivity contribution >= 4 is 51.5 Å². The third-order valence-corrected chi connectivity index (χ3v) is 7.56. The number of aromatic nitrogens is 2. The van der Waals surface area contributed by atoms with Gasteiger partial charge >= 0.3 is 5.97 Å². The van der Waals surface area contributed by atoms with E-state index < -0.39 is 54.5 Å². The highest BCUT2D eigenvalue weighted by Crippen LogP contribution is 2.20. The summed E-state index contributed by atoms with van der Waals surface area (Å²) in [5.74, 6) is -3.74. The number of carboxylic acid groups (broad SMARTS) is 1. The number of nitrogens with zero attached hydrogens (tertiary/aromatic N) is 1. The Kier molecular flexibility index (Phi) is 11.3. The van der Waals surface area contributed by atoms with Crippen molar-refractivity contribution in [3.05, 3.63) is 72.1 Å². The van der Waals surface area contributed by atoms with Crippen molar-refractivity contribution in [2.45, 2.75) is 49.9 Å². The molecular weight excluding hydrogens is 594 g/mol. The number of aromatic amines is 2. The van der Waals surface area contributed by atoms with Crippen molar-refractivity contribution in [1.29, 1.82) is 0 Å². The Hall–Kier alpha value is -5.41. The van der Waals surface area contributed by atoms with Gasteiger partial charge in [0.1, 0.15) is 18.1 Å². The normalized spacial score (nSPS) is 13.8. The van der Waals surface area contributed by atoms with Crippen molar-refractivity contribution in [2.24, 2.45) is 22.2 Å². The molecule has 0 bridgehead atoms. The van der Waals surface area contributed by atoms with E-state index in [4.69, 9.17) is 17.2 Å². The number of nitrogens with one attached hydrogen (secondary N) is 5. The average Bonchev–Trinajstić information content (AvgIpc) is 3.64. The number of carbonyl (C=O) groups is 4. The van der Waals surface area contributed by atoms with E-state index >= 15 is 0 Å². The maximum Gasteiger partial charge on any atom is 0.326 e. The number of nitrogens with two attached hydrogens (primary N) is 3. The average molecular weight is 634 g/mol. The second kappa shape index (κ2) is 15.5. The van der Waals surface area contributed by atoms with Gasteiger partial charge in [0.25, 0.3) is 0 Å². The molecule has 2 heterocycles. The highest BCUT2D eigenvalue weighted by atomic mass is 16.4. The lowest BCUT2D eigenvalue weighted by Crippen LogP contribution is -2.58. The molecule has 4 aromatic rings. The van der Waals surface area contributed by atoms with E-state index in [0.717, 1.165) is 27.4 Å². The van der Waals surface area contributed by atoms with Crippen LogP contribution in [0, 0.1) is 0 Å². The molecule has 15 nitrogen and oxygen atoms in total. The minimum Gasteiger partial charge on any atom is -0.480 e. The number of guanidine groups is 1. The summed E-state index contributed by atoms with van der Waals surface area (Å²) in [5, 5.41) is 29.0. The number of hydrogen-bond acceptors (Lipinski definition) is 7. The summed E-state index contributed by atoms with van der Waals surface area (Å²) in [4.78, 5) is 61.7. The monoisotopic (exact) mass is 633 g/mol. The standard InChI is InChI=1S/C31H39N9O6/c32-21(12-17-14-36-22-8-3-1-6-19(17)22)27(42)40-26(16-41)29(44)38-24(10-5-11-35-31(33)34)28(43)39-25(30(45)46)13-18-15-37-23-9-4-2-7-20(18)23/h1-4,6-9,14-15,21,24-26,36-37,41H,5,10-13,16,32H2,(H,38,44)(H,39,43)(H,40,42)(H,45,46)(H4,33,34,35). The zero-order valence-electron chi connectivity index (χ0n) is 25.0. The Bertz CT molecular complexity index is 1710. The van der Waals surface area contributed by atoms with Crippen LogP contribution in [0.15, 0.2) is 65.9 Å². The van der Waals surface area contributed by atoms with Gasteiger partial charge in [-0.25, -0.2) is 4.79 Å². The van der Waals surface area contributed by atoms with Crippen LogP contribution in [-0.4, -0.2) is 87.2 Å². The van der Waals surface area contributed by atoms with Crippen molar-refractivity contribution in [2.75, 3.05) is 13.2 Å². The van der Waals surface area contributed by atoms with Crippen LogP contribution in [0.2, 0.25) is 0 Å². The number of aliphatic carboxylic acids is 1. The lowest BCUT2D eigenvalue weighted by atomic mass is 10.0. The van der Waals surface area contributed by atoms with E-state index in [2.05, 4.69) is 30.9 Å². The van der Waals surface area contributed by atoms with E-state index in [1.54, 1.807) is 12.4 Å². The summed E-state index contributed by atoms with van der Waals surface area (Å²) in [6, 6.07) is 9.84. The number of aliphatic hydroxyl groups excluding tert-OH is 1. The Labute approximate surface area is 264 Å². The third-order valence-electron chi connectivity index (χ3n) is 7.56. The molecule has 0 fully saturated rings. The Balaban J connectivity index is 1.42. The fourth-order valence-electron chi connectivity index (χ4n) is 5.14. The number of aliphatic imine (C=N–C) groups is 1. The lowest BCUT2D eigenvalue weighted by Gasteiger charge is -2.24. The molecular formula is C31H39N9O6. The molecule has 0 aliphatic rings. The van der Waals surface area contributed by atoms with Crippen LogP contribution in [0.25, 0.3) is 21.8 Å². The molecule has 46 heavy (non-hydrogen) atoms. The van der Waals surface area contributed by atoms with E-state index in [-0.39, 0.29) is 38.2 Å². The summed E-state index contributed by atoms with van der Waals surface area (Å²) < 4.78 is 0. The topological polar surface area (TPSA) is 267 Å². The van der Waals surface area contributed by atoms with Crippen molar-refractivity contribution in [3.63, 3.8) is 0 Å². The summed E-state index contributed by atoms with van der Waals surface area (Å²) in [6.07, 6.45) is 3.85. The first-order chi connectivity index (χ1) is 22.1. The molecule has 0 aliphatic carbocycles. The third kappa shape index (κ3) is 8.61. The molecule has 244 valence electrons. The molecule has 0 saturated heterocycles. The van der Waals surface area contributed by atoms with E-state index in [9.17, 15) is 29.4 Å². The summed E-state index contributed by atoms with van der Waals surface area (Å²) in [7, 11) is 0. The molecule has 4 unspecified atom stereocenters. The first-order valence-electron chi connectivity index (χ1n) is 14.7. The number of amides is 3. The minimum atomic E-state index is -1.43. The first kappa shape index (κ1) is 33.5. The lowest BCUT2D eigenvalue weighted by molar-refractivity contribution is -0.142. The van der Waals surface area contributed by atoms with Crippen LogP contribution in [0.5, 0.6) is 0 Å². The second-order valence-corrected chi connectivity index (χ2v) is 10.9. The smallest absolute Gasteiger partial charge is 0.326 e. The van der Waals surface area contributed by atoms with Gasteiger partial charge in [-0.3, -0.25) is 19.4 Å². The number of hydrogen-bond donors (Lipinski definition) is 10. The maximum absolute atomic E-state index is 13.4.